The van der Waals surface area contributed by atoms with Crippen molar-refractivity contribution in [3.05, 3.63) is 47.0 Å². The van der Waals surface area contributed by atoms with Crippen molar-refractivity contribution in [3.8, 4) is 5.69 Å². The number of carboxylic acid groups (broad SMARTS) is 1. The van der Waals surface area contributed by atoms with Crippen LogP contribution in [-0.4, -0.2) is 44.5 Å². The van der Waals surface area contributed by atoms with Gasteiger partial charge < -0.3 is 14.6 Å². The van der Waals surface area contributed by atoms with Crippen molar-refractivity contribution in [2.24, 2.45) is 5.92 Å². The van der Waals surface area contributed by atoms with Gasteiger partial charge in [-0.05, 0) is 37.1 Å². The van der Waals surface area contributed by atoms with Gasteiger partial charge in [0.15, 0.2) is 0 Å². The van der Waals surface area contributed by atoms with Crippen LogP contribution in [0.4, 0.5) is 0 Å². The zero-order valence-electron chi connectivity index (χ0n) is 12.4. The molecule has 1 amide bonds. The van der Waals surface area contributed by atoms with Crippen LogP contribution in [0.25, 0.3) is 5.69 Å². The van der Waals surface area contributed by atoms with Crippen LogP contribution in [0.3, 0.4) is 0 Å². The molecule has 0 spiro atoms. The summed E-state index contributed by atoms with van der Waals surface area (Å²) in [4.78, 5) is 29.3. The van der Waals surface area contributed by atoms with Crippen molar-refractivity contribution < 1.29 is 14.7 Å². The van der Waals surface area contributed by atoms with Gasteiger partial charge in [-0.15, -0.1) is 0 Å². The molecule has 2 heterocycles. The maximum Gasteiger partial charge on any atom is 0.306 e. The van der Waals surface area contributed by atoms with Crippen LogP contribution >= 0.6 is 15.9 Å². The first kappa shape index (κ1) is 15.7. The average Bonchev–Trinajstić information content (AvgIpc) is 3.05. The number of likely N-dealkylation sites (tertiary alicyclic amines) is 1. The van der Waals surface area contributed by atoms with Gasteiger partial charge in [0.2, 0.25) is 0 Å². The third-order valence-electron chi connectivity index (χ3n) is 4.06. The molecule has 23 heavy (non-hydrogen) atoms. The highest BCUT2D eigenvalue weighted by Gasteiger charge is 2.28. The topological polar surface area (TPSA) is 75.4 Å². The SMILES string of the molecule is O=C(O)C1CCN(C(=O)c2cn(-c3ccc(Br)cc3)cn2)CC1. The summed E-state index contributed by atoms with van der Waals surface area (Å²) in [5.41, 5.74) is 1.30. The lowest BCUT2D eigenvalue weighted by Gasteiger charge is -2.29. The number of aliphatic carboxylic acids is 1. The first-order chi connectivity index (χ1) is 11.0. The highest BCUT2D eigenvalue weighted by molar-refractivity contribution is 9.10. The Morgan fingerprint density at radius 2 is 1.83 bits per heavy atom. The zero-order valence-corrected chi connectivity index (χ0v) is 13.9. The van der Waals surface area contributed by atoms with Crippen LogP contribution < -0.4 is 0 Å². The Morgan fingerprint density at radius 1 is 1.17 bits per heavy atom. The van der Waals surface area contributed by atoms with Gasteiger partial charge in [-0.2, -0.15) is 0 Å². The highest BCUT2D eigenvalue weighted by Crippen LogP contribution is 2.19. The average molecular weight is 378 g/mol. The van der Waals surface area contributed by atoms with Gasteiger partial charge in [0.1, 0.15) is 12.0 Å². The molecular formula is C16H16BrN3O3. The minimum Gasteiger partial charge on any atom is -0.481 e. The van der Waals surface area contributed by atoms with Crippen LogP contribution in [0, 0.1) is 5.92 Å². The van der Waals surface area contributed by atoms with Crippen molar-refractivity contribution >= 4 is 27.8 Å². The molecular weight excluding hydrogens is 362 g/mol. The lowest BCUT2D eigenvalue weighted by atomic mass is 9.97. The second kappa shape index (κ2) is 6.54. The van der Waals surface area contributed by atoms with E-state index in [0.29, 0.717) is 31.6 Å². The van der Waals surface area contributed by atoms with E-state index in [2.05, 4.69) is 20.9 Å². The molecule has 1 fully saturated rings. The summed E-state index contributed by atoms with van der Waals surface area (Å²) >= 11 is 3.39. The quantitative estimate of drug-likeness (QED) is 0.891. The molecule has 1 aromatic carbocycles. The molecule has 6 nitrogen and oxygen atoms in total. The van der Waals surface area contributed by atoms with Gasteiger partial charge in [-0.25, -0.2) is 4.98 Å². The van der Waals surface area contributed by atoms with Crippen molar-refractivity contribution in [1.29, 1.82) is 0 Å². The highest BCUT2D eigenvalue weighted by atomic mass is 79.9. The second-order valence-electron chi connectivity index (χ2n) is 5.55. The Bertz CT molecular complexity index is 718. The zero-order chi connectivity index (χ0) is 16.4. The summed E-state index contributed by atoms with van der Waals surface area (Å²) in [7, 11) is 0. The first-order valence-corrected chi connectivity index (χ1v) is 8.16. The van der Waals surface area contributed by atoms with Crippen LogP contribution in [-0.2, 0) is 4.79 Å². The third kappa shape index (κ3) is 3.44. The molecule has 0 atom stereocenters. The van der Waals surface area contributed by atoms with E-state index in [1.807, 2.05) is 24.3 Å². The minimum atomic E-state index is -0.781. The van der Waals surface area contributed by atoms with Crippen molar-refractivity contribution in [3.63, 3.8) is 0 Å². The predicted octanol–water partition coefficient (Wildman–Crippen LogP) is 2.57. The number of imidazole rings is 1. The van der Waals surface area contributed by atoms with Gasteiger partial charge in [0, 0.05) is 29.4 Å². The minimum absolute atomic E-state index is 0.148. The van der Waals surface area contributed by atoms with Crippen LogP contribution in [0.1, 0.15) is 23.3 Å². The second-order valence-corrected chi connectivity index (χ2v) is 6.46. The standard InChI is InChI=1S/C16H16BrN3O3/c17-12-1-3-13(4-2-12)20-9-14(18-10-20)15(21)19-7-5-11(6-8-19)16(22)23/h1-4,9-11H,5-8H2,(H,22,23). The van der Waals surface area contributed by atoms with Crippen LogP contribution in [0.5, 0.6) is 0 Å². The Hall–Kier alpha value is -2.15. The molecule has 3 rings (SSSR count). The van der Waals surface area contributed by atoms with Gasteiger partial charge in [0.05, 0.1) is 5.92 Å². The molecule has 0 radical (unpaired) electrons. The number of rotatable bonds is 3. The number of aromatic nitrogens is 2. The number of carboxylic acids is 1. The summed E-state index contributed by atoms with van der Waals surface area (Å²) in [6.45, 7) is 0.919. The number of amides is 1. The predicted molar refractivity (Wildman–Crippen MR) is 87.5 cm³/mol. The Balaban J connectivity index is 1.69. The summed E-state index contributed by atoms with van der Waals surface area (Å²) < 4.78 is 2.78. The van der Waals surface area contributed by atoms with Gasteiger partial charge >= 0.3 is 5.97 Å². The van der Waals surface area contributed by atoms with E-state index in [4.69, 9.17) is 5.11 Å². The fourth-order valence-corrected chi connectivity index (χ4v) is 2.94. The number of hydrogen-bond acceptors (Lipinski definition) is 3. The Labute approximate surface area is 141 Å². The third-order valence-corrected chi connectivity index (χ3v) is 4.59. The number of nitrogens with zero attached hydrogens (tertiary/aromatic N) is 3. The molecule has 0 unspecified atom stereocenters. The molecule has 2 aromatic rings. The largest absolute Gasteiger partial charge is 0.481 e. The maximum absolute atomic E-state index is 12.5. The van der Waals surface area contributed by atoms with Gasteiger partial charge in [-0.1, -0.05) is 15.9 Å². The number of carbonyl (C=O) groups excluding carboxylic acids is 1. The maximum atomic E-state index is 12.5. The number of carbonyl (C=O) groups is 2. The van der Waals surface area contributed by atoms with Crippen LogP contribution in [0.2, 0.25) is 0 Å². The first-order valence-electron chi connectivity index (χ1n) is 7.36. The van der Waals surface area contributed by atoms with E-state index < -0.39 is 5.97 Å². The van der Waals surface area contributed by atoms with E-state index in [1.165, 1.54) is 0 Å². The van der Waals surface area contributed by atoms with E-state index in [9.17, 15) is 9.59 Å². The monoisotopic (exact) mass is 377 g/mol. The summed E-state index contributed by atoms with van der Waals surface area (Å²) in [5.74, 6) is -1.28. The number of hydrogen-bond donors (Lipinski definition) is 1. The Morgan fingerprint density at radius 3 is 2.43 bits per heavy atom. The lowest BCUT2D eigenvalue weighted by Crippen LogP contribution is -2.40. The molecule has 1 saturated heterocycles. The molecule has 1 aliphatic rings. The summed E-state index contributed by atoms with van der Waals surface area (Å²) in [6, 6.07) is 7.71. The molecule has 0 bridgehead atoms. The normalized spacial score (nSPS) is 15.6. The fraction of sp³-hybridized carbons (Fsp3) is 0.312. The smallest absolute Gasteiger partial charge is 0.306 e. The number of halogens is 1. The molecule has 120 valence electrons. The molecule has 7 heteroatoms. The molecule has 0 saturated carbocycles. The van der Waals surface area contributed by atoms with Crippen molar-refractivity contribution in [2.75, 3.05) is 13.1 Å². The van der Waals surface area contributed by atoms with Crippen molar-refractivity contribution in [1.82, 2.24) is 14.5 Å². The molecule has 1 N–H and O–H groups in total. The van der Waals surface area contributed by atoms with E-state index >= 15 is 0 Å². The van der Waals surface area contributed by atoms with Crippen molar-refractivity contribution in [2.45, 2.75) is 12.8 Å². The number of benzene rings is 1. The van der Waals surface area contributed by atoms with Crippen LogP contribution in [0.15, 0.2) is 41.3 Å². The van der Waals surface area contributed by atoms with E-state index in [0.717, 1.165) is 10.2 Å². The summed E-state index contributed by atoms with van der Waals surface area (Å²) in [6.07, 6.45) is 4.30. The lowest BCUT2D eigenvalue weighted by molar-refractivity contribution is -0.143. The van der Waals surface area contributed by atoms with E-state index in [1.54, 1.807) is 22.0 Å². The molecule has 1 aromatic heterocycles. The Kier molecular flexibility index (Phi) is 4.47. The fourth-order valence-electron chi connectivity index (χ4n) is 2.68. The van der Waals surface area contributed by atoms with Gasteiger partial charge in [-0.3, -0.25) is 9.59 Å². The number of piperidine rings is 1. The van der Waals surface area contributed by atoms with Gasteiger partial charge in [0.25, 0.3) is 5.91 Å². The summed E-state index contributed by atoms with van der Waals surface area (Å²) in [5, 5.41) is 9.01. The molecule has 1 aliphatic heterocycles. The molecule has 0 aliphatic carbocycles. The van der Waals surface area contributed by atoms with E-state index in [-0.39, 0.29) is 11.8 Å².